The van der Waals surface area contributed by atoms with Crippen molar-refractivity contribution >= 4 is 21.6 Å². The van der Waals surface area contributed by atoms with Gasteiger partial charge in [0.05, 0.1) is 11.4 Å². The number of nitrogens with zero attached hydrogens (tertiary/aromatic N) is 1. The standard InChI is InChI=1S/C18H19FN2O3S/c1-13-6-7-15(19)12-16(13)18(22)20-9-11-25(23,24)21-10-8-14-4-2-3-5-17(14)21/h2-7,12H,8-11H2,1H3,(H,20,22). The number of carbonyl (C=O) groups is 1. The van der Waals surface area contributed by atoms with Gasteiger partial charge < -0.3 is 5.32 Å². The van der Waals surface area contributed by atoms with Crippen LogP contribution in [-0.4, -0.2) is 33.2 Å². The van der Waals surface area contributed by atoms with Gasteiger partial charge in [-0.3, -0.25) is 9.10 Å². The van der Waals surface area contributed by atoms with E-state index in [9.17, 15) is 17.6 Å². The summed E-state index contributed by atoms with van der Waals surface area (Å²) < 4.78 is 39.8. The van der Waals surface area contributed by atoms with Gasteiger partial charge in [0.1, 0.15) is 5.82 Å². The Morgan fingerprint density at radius 3 is 2.80 bits per heavy atom. The Labute approximate surface area is 146 Å². The summed E-state index contributed by atoms with van der Waals surface area (Å²) in [6, 6.07) is 11.3. The minimum absolute atomic E-state index is 0.0320. The normalized spacial score (nSPS) is 13.6. The first-order chi connectivity index (χ1) is 11.9. The molecule has 2 aromatic carbocycles. The van der Waals surface area contributed by atoms with Crippen molar-refractivity contribution in [2.24, 2.45) is 0 Å². The van der Waals surface area contributed by atoms with Gasteiger partial charge >= 0.3 is 0 Å². The van der Waals surface area contributed by atoms with E-state index in [1.165, 1.54) is 16.4 Å². The first kappa shape index (κ1) is 17.4. The maximum Gasteiger partial charge on any atom is 0.251 e. The lowest BCUT2D eigenvalue weighted by atomic mass is 10.1. The number of nitrogens with one attached hydrogen (secondary N) is 1. The Morgan fingerprint density at radius 1 is 1.24 bits per heavy atom. The molecule has 2 aromatic rings. The topological polar surface area (TPSA) is 66.5 Å². The second-order valence-corrected chi connectivity index (χ2v) is 7.99. The number of hydrogen-bond donors (Lipinski definition) is 1. The maximum atomic E-state index is 13.3. The molecular weight excluding hydrogens is 343 g/mol. The van der Waals surface area contributed by atoms with Crippen LogP contribution in [0.3, 0.4) is 0 Å². The van der Waals surface area contributed by atoms with Crippen LogP contribution in [0, 0.1) is 12.7 Å². The first-order valence-corrected chi connectivity index (χ1v) is 9.62. The van der Waals surface area contributed by atoms with E-state index in [1.54, 1.807) is 19.1 Å². The zero-order chi connectivity index (χ0) is 18.0. The number of anilines is 1. The van der Waals surface area contributed by atoms with Gasteiger partial charge in [0.15, 0.2) is 0 Å². The highest BCUT2D eigenvalue weighted by Gasteiger charge is 2.28. The molecule has 25 heavy (non-hydrogen) atoms. The number of benzene rings is 2. The highest BCUT2D eigenvalue weighted by Crippen LogP contribution is 2.29. The summed E-state index contributed by atoms with van der Waals surface area (Å²) in [6.45, 7) is 2.08. The van der Waals surface area contributed by atoms with Crippen molar-refractivity contribution in [1.29, 1.82) is 0 Å². The van der Waals surface area contributed by atoms with Gasteiger partial charge in [-0.2, -0.15) is 0 Å². The predicted octanol–water partition coefficient (Wildman–Crippen LogP) is 2.26. The zero-order valence-corrected chi connectivity index (χ0v) is 14.6. The second-order valence-electron chi connectivity index (χ2n) is 5.98. The summed E-state index contributed by atoms with van der Waals surface area (Å²) in [7, 11) is -3.53. The van der Waals surface area contributed by atoms with E-state index in [4.69, 9.17) is 0 Å². The first-order valence-electron chi connectivity index (χ1n) is 8.01. The summed E-state index contributed by atoms with van der Waals surface area (Å²) in [6.07, 6.45) is 0.685. The minimum Gasteiger partial charge on any atom is -0.351 e. The average molecular weight is 362 g/mol. The second kappa shape index (κ2) is 6.84. The molecule has 0 fully saturated rings. The monoisotopic (exact) mass is 362 g/mol. The van der Waals surface area contributed by atoms with Gasteiger partial charge in [-0.1, -0.05) is 24.3 Å². The van der Waals surface area contributed by atoms with Crippen LogP contribution in [-0.2, 0) is 16.4 Å². The van der Waals surface area contributed by atoms with Crippen molar-refractivity contribution < 1.29 is 17.6 Å². The molecule has 0 unspecified atom stereocenters. The molecule has 0 radical (unpaired) electrons. The lowest BCUT2D eigenvalue weighted by Crippen LogP contribution is -2.37. The molecule has 7 heteroatoms. The maximum absolute atomic E-state index is 13.3. The third-order valence-corrected chi connectivity index (χ3v) is 6.04. The van der Waals surface area contributed by atoms with Crippen LogP contribution in [0.1, 0.15) is 21.5 Å². The number of hydrogen-bond acceptors (Lipinski definition) is 3. The number of sulfonamides is 1. The van der Waals surface area contributed by atoms with Crippen molar-refractivity contribution in [2.75, 3.05) is 23.1 Å². The number of halogens is 1. The highest BCUT2D eigenvalue weighted by molar-refractivity contribution is 7.92. The molecule has 1 N–H and O–H groups in total. The molecule has 1 aliphatic heterocycles. The minimum atomic E-state index is -3.53. The molecule has 0 bridgehead atoms. The molecule has 0 spiro atoms. The molecule has 1 heterocycles. The zero-order valence-electron chi connectivity index (χ0n) is 13.8. The van der Waals surface area contributed by atoms with E-state index in [-0.39, 0.29) is 17.9 Å². The summed E-state index contributed by atoms with van der Waals surface area (Å²) in [5.74, 6) is -1.19. The quantitative estimate of drug-likeness (QED) is 0.887. The smallest absolute Gasteiger partial charge is 0.251 e. The molecule has 0 saturated carbocycles. The van der Waals surface area contributed by atoms with Crippen LogP contribution in [0.25, 0.3) is 0 Å². The van der Waals surface area contributed by atoms with Gasteiger partial charge in [0.2, 0.25) is 10.0 Å². The number of amides is 1. The Bertz CT molecular complexity index is 912. The van der Waals surface area contributed by atoms with Crippen molar-refractivity contribution in [1.82, 2.24) is 5.32 Å². The number of carbonyl (C=O) groups excluding carboxylic acids is 1. The van der Waals surface area contributed by atoms with Crippen LogP contribution in [0.5, 0.6) is 0 Å². The number of fused-ring (bicyclic) bond motifs is 1. The number of aryl methyl sites for hydroxylation is 1. The SMILES string of the molecule is Cc1ccc(F)cc1C(=O)NCCS(=O)(=O)N1CCc2ccccc21. The van der Waals surface area contributed by atoms with E-state index in [0.29, 0.717) is 24.2 Å². The third-order valence-electron chi connectivity index (χ3n) is 4.27. The molecule has 0 aliphatic carbocycles. The third kappa shape index (κ3) is 3.66. The van der Waals surface area contributed by atoms with E-state index in [0.717, 1.165) is 11.6 Å². The fourth-order valence-corrected chi connectivity index (χ4v) is 4.36. The van der Waals surface area contributed by atoms with Crippen LogP contribution in [0.4, 0.5) is 10.1 Å². The fourth-order valence-electron chi connectivity index (χ4n) is 2.93. The Hall–Kier alpha value is -2.41. The summed E-state index contributed by atoms with van der Waals surface area (Å²) >= 11 is 0. The largest absolute Gasteiger partial charge is 0.351 e. The van der Waals surface area contributed by atoms with Gasteiger partial charge in [-0.15, -0.1) is 0 Å². The number of rotatable bonds is 5. The van der Waals surface area contributed by atoms with Crippen LogP contribution in [0.2, 0.25) is 0 Å². The van der Waals surface area contributed by atoms with Gasteiger partial charge in [-0.05, 0) is 42.7 Å². The van der Waals surface area contributed by atoms with Crippen LogP contribution in [0.15, 0.2) is 42.5 Å². The average Bonchev–Trinajstić information content (AvgIpc) is 3.01. The molecule has 0 saturated heterocycles. The molecule has 1 amide bonds. The Balaban J connectivity index is 1.64. The van der Waals surface area contributed by atoms with Crippen molar-refractivity contribution in [3.8, 4) is 0 Å². The molecule has 132 valence electrons. The number of para-hydroxylation sites is 1. The molecule has 0 atom stereocenters. The van der Waals surface area contributed by atoms with Crippen molar-refractivity contribution in [2.45, 2.75) is 13.3 Å². The van der Waals surface area contributed by atoms with E-state index in [1.807, 2.05) is 12.1 Å². The molecular formula is C18H19FN2O3S. The van der Waals surface area contributed by atoms with Crippen LogP contribution >= 0.6 is 0 Å². The summed E-state index contributed by atoms with van der Waals surface area (Å²) in [4.78, 5) is 12.1. The van der Waals surface area contributed by atoms with Gasteiger partial charge in [0, 0.05) is 18.7 Å². The van der Waals surface area contributed by atoms with Gasteiger partial charge in [0.25, 0.3) is 5.91 Å². The van der Waals surface area contributed by atoms with Crippen LogP contribution < -0.4 is 9.62 Å². The molecule has 0 aromatic heterocycles. The Morgan fingerprint density at radius 2 is 2.00 bits per heavy atom. The van der Waals surface area contributed by atoms with Crippen molar-refractivity contribution in [3.05, 3.63) is 65.0 Å². The lowest BCUT2D eigenvalue weighted by molar-refractivity contribution is 0.0955. The van der Waals surface area contributed by atoms with E-state index in [2.05, 4.69) is 5.32 Å². The summed E-state index contributed by atoms with van der Waals surface area (Å²) in [5.41, 5.74) is 2.56. The molecule has 5 nitrogen and oxygen atoms in total. The predicted molar refractivity (Wildman–Crippen MR) is 94.7 cm³/mol. The highest BCUT2D eigenvalue weighted by atomic mass is 32.2. The van der Waals surface area contributed by atoms with Gasteiger partial charge in [-0.25, -0.2) is 12.8 Å². The fraction of sp³-hybridized carbons (Fsp3) is 0.278. The van der Waals surface area contributed by atoms with Crippen molar-refractivity contribution in [3.63, 3.8) is 0 Å². The molecule has 3 rings (SSSR count). The van der Waals surface area contributed by atoms with E-state index < -0.39 is 21.7 Å². The lowest BCUT2D eigenvalue weighted by Gasteiger charge is -2.19. The molecule has 1 aliphatic rings. The summed E-state index contributed by atoms with van der Waals surface area (Å²) in [5, 5.41) is 2.56. The Kier molecular flexibility index (Phi) is 4.76. The van der Waals surface area contributed by atoms with E-state index >= 15 is 0 Å².